The average Bonchev–Trinajstić information content (AvgIpc) is 2.53. The zero-order chi connectivity index (χ0) is 15.8. The first-order chi connectivity index (χ1) is 10.2. The third kappa shape index (κ3) is 13.2. The summed E-state index contributed by atoms with van der Waals surface area (Å²) in [7, 11) is -0.519. The summed E-state index contributed by atoms with van der Waals surface area (Å²) in [5.41, 5.74) is 0. The molecule has 0 aliphatic rings. The van der Waals surface area contributed by atoms with Crippen LogP contribution in [0.5, 0.6) is 0 Å². The van der Waals surface area contributed by atoms with Gasteiger partial charge >= 0.3 is 0 Å². The van der Waals surface area contributed by atoms with Crippen molar-refractivity contribution in [2.24, 2.45) is 0 Å². The van der Waals surface area contributed by atoms with E-state index in [2.05, 4.69) is 27.7 Å². The van der Waals surface area contributed by atoms with Gasteiger partial charge in [-0.3, -0.25) is 0 Å². The molecule has 0 fully saturated rings. The highest BCUT2D eigenvalue weighted by atomic mass is 35.5. The minimum atomic E-state index is -0.519. The normalized spacial score (nSPS) is 11.5. The maximum atomic E-state index is 2.43. The van der Waals surface area contributed by atoms with Crippen LogP contribution in [0.4, 0.5) is 0 Å². The second kappa shape index (κ2) is 18.1. The van der Waals surface area contributed by atoms with Crippen molar-refractivity contribution < 1.29 is 12.4 Å². The molecule has 0 bridgehead atoms. The van der Waals surface area contributed by atoms with Crippen LogP contribution in [0.15, 0.2) is 0 Å². The van der Waals surface area contributed by atoms with Crippen LogP contribution in [-0.2, 0) is 0 Å². The number of hydrogen-bond donors (Lipinski definition) is 0. The molecule has 0 atom stereocenters. The standard InChI is InChI=1S/C20H44P.ClH/c1-5-9-10-11-12-13-14-15-16-17-18-19-20-21(6-2,7-3)8-4;/h5-20H2,1-4H3;1H/q+1;/p-1. The summed E-state index contributed by atoms with van der Waals surface area (Å²) in [4.78, 5) is 0. The van der Waals surface area contributed by atoms with Crippen LogP contribution in [0.25, 0.3) is 0 Å². The van der Waals surface area contributed by atoms with E-state index in [4.69, 9.17) is 0 Å². The maximum Gasteiger partial charge on any atom is 0.0594 e. The van der Waals surface area contributed by atoms with E-state index in [1.165, 1.54) is 95.5 Å². The van der Waals surface area contributed by atoms with Gasteiger partial charge in [-0.15, -0.1) is 0 Å². The van der Waals surface area contributed by atoms with Gasteiger partial charge in [0.05, 0.1) is 24.6 Å². The van der Waals surface area contributed by atoms with E-state index >= 15 is 0 Å². The van der Waals surface area contributed by atoms with E-state index in [1.807, 2.05) is 0 Å². The minimum absolute atomic E-state index is 0. The van der Waals surface area contributed by atoms with Crippen LogP contribution in [0, 0.1) is 0 Å². The Kier molecular flexibility index (Phi) is 20.5. The van der Waals surface area contributed by atoms with Gasteiger partial charge in [0.1, 0.15) is 0 Å². The Morgan fingerprint density at radius 3 is 1.09 bits per heavy atom. The molecule has 0 amide bonds. The molecule has 136 valence electrons. The number of hydrogen-bond acceptors (Lipinski definition) is 0. The van der Waals surface area contributed by atoms with Crippen molar-refractivity contribution >= 4 is 7.26 Å². The molecule has 0 N–H and O–H groups in total. The number of halogens is 1. The van der Waals surface area contributed by atoms with Crippen molar-refractivity contribution in [3.63, 3.8) is 0 Å². The van der Waals surface area contributed by atoms with Gasteiger partial charge in [-0.2, -0.15) is 0 Å². The lowest BCUT2D eigenvalue weighted by atomic mass is 10.1. The molecule has 0 aromatic carbocycles. The Bertz CT molecular complexity index is 194. The van der Waals surface area contributed by atoms with Crippen molar-refractivity contribution in [3.05, 3.63) is 0 Å². The first-order valence-corrected chi connectivity index (χ1v) is 12.6. The fraction of sp³-hybridized carbons (Fsp3) is 1.00. The Hall–Kier alpha value is 0.720. The maximum absolute atomic E-state index is 2.43. The SMILES string of the molecule is CCCCCCCCCCCCCC[P+](CC)(CC)CC.[Cl-]. The molecule has 0 saturated carbocycles. The van der Waals surface area contributed by atoms with Gasteiger partial charge in [-0.1, -0.05) is 71.1 Å². The quantitative estimate of drug-likeness (QED) is 0.278. The summed E-state index contributed by atoms with van der Waals surface area (Å²) >= 11 is 0. The third-order valence-corrected chi connectivity index (χ3v) is 10.8. The predicted molar refractivity (Wildman–Crippen MR) is 104 cm³/mol. The Balaban J connectivity index is 0. The van der Waals surface area contributed by atoms with Gasteiger partial charge in [0, 0.05) is 7.26 Å². The zero-order valence-electron chi connectivity index (χ0n) is 16.1. The Morgan fingerprint density at radius 2 is 0.773 bits per heavy atom. The van der Waals surface area contributed by atoms with Crippen molar-refractivity contribution in [2.75, 3.05) is 24.6 Å². The monoisotopic (exact) mass is 350 g/mol. The molecule has 0 rings (SSSR count). The summed E-state index contributed by atoms with van der Waals surface area (Å²) in [5, 5.41) is 0. The van der Waals surface area contributed by atoms with Gasteiger partial charge in [0.2, 0.25) is 0 Å². The smallest absolute Gasteiger partial charge is 0.0594 e. The van der Waals surface area contributed by atoms with Gasteiger partial charge in [0.25, 0.3) is 0 Å². The van der Waals surface area contributed by atoms with Crippen molar-refractivity contribution in [3.8, 4) is 0 Å². The highest BCUT2D eigenvalue weighted by Gasteiger charge is 2.29. The lowest BCUT2D eigenvalue weighted by molar-refractivity contribution is -0.00000487. The van der Waals surface area contributed by atoms with E-state index in [-0.39, 0.29) is 12.4 Å². The fourth-order valence-electron chi connectivity index (χ4n) is 3.43. The van der Waals surface area contributed by atoms with E-state index in [1.54, 1.807) is 6.16 Å². The van der Waals surface area contributed by atoms with Crippen LogP contribution in [0.1, 0.15) is 105 Å². The summed E-state index contributed by atoms with van der Waals surface area (Å²) in [6, 6.07) is 0. The lowest BCUT2D eigenvalue weighted by Gasteiger charge is -2.23. The van der Waals surface area contributed by atoms with Crippen LogP contribution in [0.3, 0.4) is 0 Å². The summed E-state index contributed by atoms with van der Waals surface area (Å²) in [6.45, 7) is 9.59. The molecule has 0 unspecified atom stereocenters. The third-order valence-electron chi connectivity index (χ3n) is 5.50. The van der Waals surface area contributed by atoms with Gasteiger partial charge in [-0.05, 0) is 33.6 Å². The molecule has 0 aromatic rings. The molecule has 0 aliphatic carbocycles. The molecule has 22 heavy (non-hydrogen) atoms. The lowest BCUT2D eigenvalue weighted by Crippen LogP contribution is -3.00. The van der Waals surface area contributed by atoms with Gasteiger partial charge in [-0.25, -0.2) is 0 Å². The predicted octanol–water partition coefficient (Wildman–Crippen LogP) is 4.77. The van der Waals surface area contributed by atoms with Crippen LogP contribution in [0.2, 0.25) is 0 Å². The molecular formula is C20H44ClP. The molecule has 0 spiro atoms. The molecule has 0 radical (unpaired) electrons. The van der Waals surface area contributed by atoms with Gasteiger partial charge < -0.3 is 12.4 Å². The largest absolute Gasteiger partial charge is 1.00 e. The molecule has 0 saturated heterocycles. The average molecular weight is 351 g/mol. The summed E-state index contributed by atoms with van der Waals surface area (Å²) in [5.74, 6) is 0. The topological polar surface area (TPSA) is 0 Å². The summed E-state index contributed by atoms with van der Waals surface area (Å²) < 4.78 is 0. The van der Waals surface area contributed by atoms with E-state index < -0.39 is 7.26 Å². The van der Waals surface area contributed by atoms with Crippen molar-refractivity contribution in [1.29, 1.82) is 0 Å². The molecule has 0 heterocycles. The molecule has 0 nitrogen and oxygen atoms in total. The second-order valence-corrected chi connectivity index (χ2v) is 11.9. The Morgan fingerprint density at radius 1 is 0.455 bits per heavy atom. The van der Waals surface area contributed by atoms with E-state index in [9.17, 15) is 0 Å². The van der Waals surface area contributed by atoms with E-state index in [0.717, 1.165) is 0 Å². The van der Waals surface area contributed by atoms with E-state index in [0.29, 0.717) is 0 Å². The first kappa shape index (κ1) is 25.0. The fourth-order valence-corrected chi connectivity index (χ4v) is 6.62. The Labute approximate surface area is 149 Å². The van der Waals surface area contributed by atoms with Gasteiger partial charge in [0.15, 0.2) is 0 Å². The number of rotatable bonds is 16. The molecular weight excluding hydrogens is 307 g/mol. The van der Waals surface area contributed by atoms with Crippen LogP contribution >= 0.6 is 7.26 Å². The summed E-state index contributed by atoms with van der Waals surface area (Å²) in [6.07, 6.45) is 23.7. The first-order valence-electron chi connectivity index (χ1n) is 10.1. The molecule has 0 aliphatic heterocycles. The van der Waals surface area contributed by atoms with Crippen LogP contribution in [-0.4, -0.2) is 24.6 Å². The highest BCUT2D eigenvalue weighted by molar-refractivity contribution is 7.75. The molecule has 0 aromatic heterocycles. The van der Waals surface area contributed by atoms with Crippen molar-refractivity contribution in [1.82, 2.24) is 0 Å². The number of unbranched alkanes of at least 4 members (excludes halogenated alkanes) is 11. The van der Waals surface area contributed by atoms with Crippen molar-refractivity contribution in [2.45, 2.75) is 105 Å². The minimum Gasteiger partial charge on any atom is -1.00 e. The second-order valence-electron chi connectivity index (χ2n) is 6.90. The van der Waals surface area contributed by atoms with Crippen LogP contribution < -0.4 is 12.4 Å². The molecule has 2 heteroatoms. The highest BCUT2D eigenvalue weighted by Crippen LogP contribution is 2.58. The zero-order valence-corrected chi connectivity index (χ0v) is 17.8.